The van der Waals surface area contributed by atoms with Crippen molar-refractivity contribution < 1.29 is 13.2 Å². The molecule has 0 atom stereocenters. The van der Waals surface area contributed by atoms with E-state index in [2.05, 4.69) is 5.32 Å². The summed E-state index contributed by atoms with van der Waals surface area (Å²) in [6.07, 6.45) is 1.03. The first-order chi connectivity index (χ1) is 15.2. The van der Waals surface area contributed by atoms with Gasteiger partial charge in [-0.05, 0) is 48.2 Å². The lowest BCUT2D eigenvalue weighted by Crippen LogP contribution is -2.43. The fourth-order valence-corrected chi connectivity index (χ4v) is 6.43. The maximum absolute atomic E-state index is 12.7. The molecule has 2 aromatic carbocycles. The Morgan fingerprint density at radius 3 is 2.47 bits per heavy atom. The quantitative estimate of drug-likeness (QED) is 0.446. The van der Waals surface area contributed by atoms with Crippen LogP contribution in [-0.2, 0) is 26.3 Å². The van der Waals surface area contributed by atoms with Gasteiger partial charge >= 0.3 is 0 Å². The van der Waals surface area contributed by atoms with E-state index in [1.165, 1.54) is 4.31 Å². The van der Waals surface area contributed by atoms with Crippen LogP contribution in [0.3, 0.4) is 0 Å². The Morgan fingerprint density at radius 1 is 1.03 bits per heavy atom. The second kappa shape index (κ2) is 12.0. The molecule has 0 radical (unpaired) electrons. The smallest absolute Gasteiger partial charge is 0.223 e. The van der Waals surface area contributed by atoms with Crippen LogP contribution < -0.4 is 5.32 Å². The SMILES string of the molecule is O=C(NCCSCc1cccc(Cl)c1)C1CCN(S(=O)(=O)Cc2ccc(Cl)c(Cl)c2)CC1. The highest BCUT2D eigenvalue weighted by atomic mass is 35.5. The number of sulfonamides is 1. The molecule has 32 heavy (non-hydrogen) atoms. The summed E-state index contributed by atoms with van der Waals surface area (Å²) in [6, 6.07) is 12.6. The number of rotatable bonds is 9. The van der Waals surface area contributed by atoms with Gasteiger partial charge in [0.2, 0.25) is 15.9 Å². The molecule has 1 heterocycles. The van der Waals surface area contributed by atoms with Crippen LogP contribution in [0.5, 0.6) is 0 Å². The maximum Gasteiger partial charge on any atom is 0.223 e. The zero-order valence-electron chi connectivity index (χ0n) is 17.4. The Bertz CT molecular complexity index is 1040. The number of hydrogen-bond donors (Lipinski definition) is 1. The van der Waals surface area contributed by atoms with E-state index >= 15 is 0 Å². The van der Waals surface area contributed by atoms with Crippen LogP contribution in [0.1, 0.15) is 24.0 Å². The van der Waals surface area contributed by atoms with E-state index in [0.29, 0.717) is 48.1 Å². The molecular weight excluding hydrogens is 511 g/mol. The summed E-state index contributed by atoms with van der Waals surface area (Å²) in [5, 5.41) is 4.42. The lowest BCUT2D eigenvalue weighted by Gasteiger charge is -2.30. The average molecular weight is 536 g/mol. The molecule has 1 fully saturated rings. The highest BCUT2D eigenvalue weighted by Gasteiger charge is 2.31. The zero-order chi connectivity index (χ0) is 23.1. The first-order valence-electron chi connectivity index (χ1n) is 10.3. The number of thioether (sulfide) groups is 1. The summed E-state index contributed by atoms with van der Waals surface area (Å²) in [4.78, 5) is 12.5. The van der Waals surface area contributed by atoms with Gasteiger partial charge in [0.25, 0.3) is 0 Å². The lowest BCUT2D eigenvalue weighted by molar-refractivity contribution is -0.125. The first-order valence-corrected chi connectivity index (χ1v) is 14.2. The molecule has 1 aliphatic rings. The van der Waals surface area contributed by atoms with Gasteiger partial charge in [-0.1, -0.05) is 53.0 Å². The largest absolute Gasteiger partial charge is 0.355 e. The van der Waals surface area contributed by atoms with Gasteiger partial charge in [0.15, 0.2) is 0 Å². The molecule has 1 aliphatic heterocycles. The third-order valence-electron chi connectivity index (χ3n) is 5.25. The van der Waals surface area contributed by atoms with Crippen molar-refractivity contribution >= 4 is 62.5 Å². The van der Waals surface area contributed by atoms with Crippen molar-refractivity contribution in [3.63, 3.8) is 0 Å². The highest BCUT2D eigenvalue weighted by Crippen LogP contribution is 2.26. The summed E-state index contributed by atoms with van der Waals surface area (Å²) >= 11 is 19.6. The molecule has 0 bridgehead atoms. The van der Waals surface area contributed by atoms with Crippen molar-refractivity contribution in [3.8, 4) is 0 Å². The van der Waals surface area contributed by atoms with Crippen molar-refractivity contribution in [2.24, 2.45) is 5.92 Å². The Hall–Kier alpha value is -0.960. The second-order valence-corrected chi connectivity index (χ2v) is 12.0. The molecule has 1 saturated heterocycles. The molecule has 3 rings (SSSR count). The number of carbonyl (C=O) groups excluding carboxylic acids is 1. The minimum absolute atomic E-state index is 0.00473. The second-order valence-electron chi connectivity index (χ2n) is 7.65. The van der Waals surface area contributed by atoms with Crippen LogP contribution in [0.2, 0.25) is 15.1 Å². The van der Waals surface area contributed by atoms with Gasteiger partial charge in [-0.15, -0.1) is 0 Å². The van der Waals surface area contributed by atoms with E-state index in [-0.39, 0.29) is 17.6 Å². The minimum Gasteiger partial charge on any atom is -0.355 e. The molecule has 10 heteroatoms. The van der Waals surface area contributed by atoms with E-state index in [0.717, 1.165) is 22.1 Å². The van der Waals surface area contributed by atoms with Gasteiger partial charge in [-0.25, -0.2) is 12.7 Å². The molecular formula is C22H25Cl3N2O3S2. The Morgan fingerprint density at radius 2 is 1.78 bits per heavy atom. The molecule has 0 saturated carbocycles. The number of benzene rings is 2. The number of halogens is 3. The van der Waals surface area contributed by atoms with Crippen molar-refractivity contribution in [1.29, 1.82) is 0 Å². The Balaban J connectivity index is 1.38. The average Bonchev–Trinajstić information content (AvgIpc) is 2.76. The Labute approximate surface area is 208 Å². The first kappa shape index (κ1) is 25.7. The fraction of sp³-hybridized carbons (Fsp3) is 0.409. The van der Waals surface area contributed by atoms with Gasteiger partial charge in [-0.2, -0.15) is 11.8 Å². The monoisotopic (exact) mass is 534 g/mol. The van der Waals surface area contributed by atoms with Gasteiger partial charge in [0, 0.05) is 42.1 Å². The molecule has 1 N–H and O–H groups in total. The summed E-state index contributed by atoms with van der Waals surface area (Å²) in [6.45, 7) is 1.26. The van der Waals surface area contributed by atoms with E-state index in [1.807, 2.05) is 24.3 Å². The van der Waals surface area contributed by atoms with E-state index in [9.17, 15) is 13.2 Å². The molecule has 0 spiro atoms. The maximum atomic E-state index is 12.7. The molecule has 0 unspecified atom stereocenters. The number of amides is 1. The highest BCUT2D eigenvalue weighted by molar-refractivity contribution is 7.98. The summed E-state index contributed by atoms with van der Waals surface area (Å²) in [7, 11) is -3.48. The molecule has 2 aromatic rings. The number of nitrogens with one attached hydrogen (secondary N) is 1. The van der Waals surface area contributed by atoms with Crippen molar-refractivity contribution in [3.05, 3.63) is 68.7 Å². The van der Waals surface area contributed by atoms with Crippen molar-refractivity contribution in [1.82, 2.24) is 9.62 Å². The predicted octanol–water partition coefficient (Wildman–Crippen LogP) is 5.24. The zero-order valence-corrected chi connectivity index (χ0v) is 21.3. The molecule has 174 valence electrons. The Kier molecular flexibility index (Phi) is 9.58. The van der Waals surface area contributed by atoms with E-state index in [4.69, 9.17) is 34.8 Å². The van der Waals surface area contributed by atoms with Gasteiger partial charge in [0.1, 0.15) is 0 Å². The molecule has 5 nitrogen and oxygen atoms in total. The molecule has 0 aromatic heterocycles. The van der Waals surface area contributed by atoms with Gasteiger partial charge < -0.3 is 5.32 Å². The van der Waals surface area contributed by atoms with Crippen LogP contribution in [0.15, 0.2) is 42.5 Å². The third-order valence-corrected chi connectivity index (χ3v) is 9.11. The molecule has 1 amide bonds. The van der Waals surface area contributed by atoms with Crippen LogP contribution in [0.4, 0.5) is 0 Å². The van der Waals surface area contributed by atoms with E-state index in [1.54, 1.807) is 30.0 Å². The van der Waals surface area contributed by atoms with Crippen LogP contribution in [0.25, 0.3) is 0 Å². The van der Waals surface area contributed by atoms with E-state index < -0.39 is 10.0 Å². The van der Waals surface area contributed by atoms with Crippen LogP contribution in [0, 0.1) is 5.92 Å². The summed E-state index contributed by atoms with van der Waals surface area (Å²) in [5.41, 5.74) is 1.75. The number of carbonyl (C=O) groups is 1. The predicted molar refractivity (Wildman–Crippen MR) is 134 cm³/mol. The van der Waals surface area contributed by atoms with Crippen molar-refractivity contribution in [2.75, 3.05) is 25.4 Å². The third kappa shape index (κ3) is 7.54. The van der Waals surface area contributed by atoms with Crippen LogP contribution >= 0.6 is 46.6 Å². The van der Waals surface area contributed by atoms with Crippen LogP contribution in [-0.4, -0.2) is 44.0 Å². The molecule has 0 aliphatic carbocycles. The lowest BCUT2D eigenvalue weighted by atomic mass is 9.97. The van der Waals surface area contributed by atoms with Gasteiger partial charge in [-0.3, -0.25) is 4.79 Å². The topological polar surface area (TPSA) is 66.5 Å². The standard InChI is InChI=1S/C22H25Cl3N2O3S2/c23-19-3-1-2-16(12-19)14-31-11-8-26-22(28)18-6-9-27(10-7-18)32(29,30)15-17-4-5-20(24)21(25)13-17/h1-5,12-13,18H,6-11,14-15H2,(H,26,28). The van der Waals surface area contributed by atoms with Gasteiger partial charge in [0.05, 0.1) is 15.8 Å². The number of hydrogen-bond acceptors (Lipinski definition) is 4. The minimum atomic E-state index is -3.48. The normalized spacial score (nSPS) is 15.6. The summed E-state index contributed by atoms with van der Waals surface area (Å²) in [5.74, 6) is 1.34. The fourth-order valence-electron chi connectivity index (χ4n) is 3.53. The number of piperidine rings is 1. The van der Waals surface area contributed by atoms with Crippen molar-refractivity contribution in [2.45, 2.75) is 24.3 Å². The number of nitrogens with zero attached hydrogens (tertiary/aromatic N) is 1. The summed E-state index contributed by atoms with van der Waals surface area (Å²) < 4.78 is 27.0.